The molecule has 0 saturated carbocycles. The second-order valence-corrected chi connectivity index (χ2v) is 4.00. The van der Waals surface area contributed by atoms with Gasteiger partial charge in [-0.3, -0.25) is 0 Å². The zero-order chi connectivity index (χ0) is 11.7. The minimum Gasteiger partial charge on any atom is -0.329 e. The van der Waals surface area contributed by atoms with Gasteiger partial charge in [0.25, 0.3) is 0 Å². The largest absolute Gasteiger partial charge is 0.329 e. The summed E-state index contributed by atoms with van der Waals surface area (Å²) < 4.78 is 27.8. The van der Waals surface area contributed by atoms with Crippen LogP contribution in [0.4, 0.5) is 8.78 Å². The fourth-order valence-corrected chi connectivity index (χ4v) is 1.54. The lowest BCUT2D eigenvalue weighted by molar-refractivity contribution is 0.386. The van der Waals surface area contributed by atoms with Gasteiger partial charge in [0.05, 0.1) is 17.4 Å². The Labute approximate surface area is 92.3 Å². The van der Waals surface area contributed by atoms with Crippen molar-refractivity contribution in [2.75, 3.05) is 20.6 Å². The summed E-state index contributed by atoms with van der Waals surface area (Å²) in [7, 11) is 3.92. The summed E-state index contributed by atoms with van der Waals surface area (Å²) in [5.41, 5.74) is 1.11. The molecule has 0 fully saturated rings. The molecule has 1 aromatic carbocycles. The average Bonchev–Trinajstić information content (AvgIpc) is 2.58. The van der Waals surface area contributed by atoms with Crippen LogP contribution in [0.2, 0.25) is 0 Å². The molecule has 2 rings (SSSR count). The Balaban J connectivity index is 2.36. The Kier molecular flexibility index (Phi) is 2.87. The number of halogens is 2. The third kappa shape index (κ3) is 2.04. The highest BCUT2D eigenvalue weighted by atomic mass is 19.2. The smallest absolute Gasteiger partial charge is 0.161 e. The molecule has 0 aliphatic carbocycles. The fourth-order valence-electron chi connectivity index (χ4n) is 1.54. The number of nitrogens with zero attached hydrogens (tertiary/aromatic N) is 3. The second-order valence-electron chi connectivity index (χ2n) is 4.00. The zero-order valence-corrected chi connectivity index (χ0v) is 9.24. The Morgan fingerprint density at radius 3 is 2.62 bits per heavy atom. The van der Waals surface area contributed by atoms with Crippen molar-refractivity contribution in [3.63, 3.8) is 0 Å². The molecule has 0 bridgehead atoms. The molecule has 0 spiro atoms. The highest BCUT2D eigenvalue weighted by molar-refractivity contribution is 5.75. The molecule has 0 saturated heterocycles. The molecule has 0 unspecified atom stereocenters. The highest BCUT2D eigenvalue weighted by Gasteiger charge is 2.08. The van der Waals surface area contributed by atoms with Gasteiger partial charge in [0.2, 0.25) is 0 Å². The average molecular weight is 225 g/mol. The van der Waals surface area contributed by atoms with Gasteiger partial charge in [0.1, 0.15) is 0 Å². The molecule has 16 heavy (non-hydrogen) atoms. The zero-order valence-electron chi connectivity index (χ0n) is 9.24. The van der Waals surface area contributed by atoms with Crippen LogP contribution in [0.15, 0.2) is 18.5 Å². The van der Waals surface area contributed by atoms with Gasteiger partial charge in [-0.1, -0.05) is 0 Å². The molecule has 5 heteroatoms. The second kappa shape index (κ2) is 4.17. The van der Waals surface area contributed by atoms with Crippen LogP contribution in [0.5, 0.6) is 0 Å². The van der Waals surface area contributed by atoms with Crippen LogP contribution in [0.3, 0.4) is 0 Å². The van der Waals surface area contributed by atoms with E-state index in [1.165, 1.54) is 6.07 Å². The van der Waals surface area contributed by atoms with Crippen LogP contribution < -0.4 is 0 Å². The lowest BCUT2D eigenvalue weighted by atomic mass is 10.3. The molecule has 0 radical (unpaired) electrons. The summed E-state index contributed by atoms with van der Waals surface area (Å²) in [6.45, 7) is 1.53. The van der Waals surface area contributed by atoms with Crippen molar-refractivity contribution in [1.29, 1.82) is 0 Å². The first kappa shape index (κ1) is 11.0. The number of imidazole rings is 1. The Morgan fingerprint density at radius 2 is 1.94 bits per heavy atom. The summed E-state index contributed by atoms with van der Waals surface area (Å²) in [5.74, 6) is -1.69. The van der Waals surface area contributed by atoms with Gasteiger partial charge >= 0.3 is 0 Å². The molecule has 86 valence electrons. The standard InChI is InChI=1S/C11H13F2N3/c1-15(2)3-4-16-7-14-10-5-8(12)9(13)6-11(10)16/h5-7H,3-4H2,1-2H3. The van der Waals surface area contributed by atoms with Crippen molar-refractivity contribution in [2.45, 2.75) is 6.54 Å². The maximum Gasteiger partial charge on any atom is 0.161 e. The van der Waals surface area contributed by atoms with Gasteiger partial charge in [0.15, 0.2) is 11.6 Å². The van der Waals surface area contributed by atoms with E-state index in [0.29, 0.717) is 17.6 Å². The predicted molar refractivity (Wildman–Crippen MR) is 58.2 cm³/mol. The first-order valence-electron chi connectivity index (χ1n) is 5.02. The Hall–Kier alpha value is -1.49. The minimum atomic E-state index is -0.856. The van der Waals surface area contributed by atoms with Gasteiger partial charge < -0.3 is 9.47 Å². The van der Waals surface area contributed by atoms with Gasteiger partial charge in [-0.2, -0.15) is 0 Å². The Bertz CT molecular complexity index is 505. The molecular weight excluding hydrogens is 212 g/mol. The summed E-state index contributed by atoms with van der Waals surface area (Å²) in [4.78, 5) is 6.06. The fraction of sp³-hybridized carbons (Fsp3) is 0.364. The maximum atomic E-state index is 13.1. The maximum absolute atomic E-state index is 13.1. The van der Waals surface area contributed by atoms with Crippen molar-refractivity contribution in [2.24, 2.45) is 0 Å². The van der Waals surface area contributed by atoms with Crippen molar-refractivity contribution >= 4 is 11.0 Å². The molecule has 2 aromatic rings. The van der Waals surface area contributed by atoms with Crippen LogP contribution in [-0.2, 0) is 6.54 Å². The molecule has 0 N–H and O–H groups in total. The lowest BCUT2D eigenvalue weighted by Gasteiger charge is -2.10. The van der Waals surface area contributed by atoms with Crippen LogP contribution >= 0.6 is 0 Å². The summed E-state index contributed by atoms with van der Waals surface area (Å²) >= 11 is 0. The van der Waals surface area contributed by atoms with Crippen LogP contribution in [0.25, 0.3) is 11.0 Å². The van der Waals surface area contributed by atoms with E-state index in [1.54, 1.807) is 6.33 Å². The SMILES string of the molecule is CN(C)CCn1cnc2cc(F)c(F)cc21. The molecular formula is C11H13F2N3. The normalized spacial score (nSPS) is 11.6. The number of benzene rings is 1. The quantitative estimate of drug-likeness (QED) is 0.795. The van der Waals surface area contributed by atoms with Gasteiger partial charge in [-0.25, -0.2) is 13.8 Å². The number of hydrogen-bond acceptors (Lipinski definition) is 2. The number of likely N-dealkylation sites (N-methyl/N-ethyl adjacent to an activating group) is 1. The van der Waals surface area contributed by atoms with Crippen molar-refractivity contribution in [3.8, 4) is 0 Å². The molecule has 0 atom stereocenters. The molecule has 0 aliphatic rings. The number of fused-ring (bicyclic) bond motifs is 1. The minimum absolute atomic E-state index is 0.484. The van der Waals surface area contributed by atoms with E-state index in [0.717, 1.165) is 12.6 Å². The van der Waals surface area contributed by atoms with Gasteiger partial charge in [-0.05, 0) is 14.1 Å². The summed E-state index contributed by atoms with van der Waals surface area (Å²) in [6, 6.07) is 2.31. The van der Waals surface area contributed by atoms with E-state index in [4.69, 9.17) is 0 Å². The number of hydrogen-bond donors (Lipinski definition) is 0. The first-order chi connectivity index (χ1) is 7.58. The summed E-state index contributed by atoms with van der Waals surface area (Å²) in [6.07, 6.45) is 1.60. The van der Waals surface area contributed by atoms with Crippen molar-refractivity contribution in [1.82, 2.24) is 14.5 Å². The van der Waals surface area contributed by atoms with E-state index in [2.05, 4.69) is 4.98 Å². The number of aromatic nitrogens is 2. The molecule has 0 aliphatic heterocycles. The summed E-state index contributed by atoms with van der Waals surface area (Å²) in [5, 5.41) is 0. The van der Waals surface area contributed by atoms with Crippen LogP contribution in [-0.4, -0.2) is 35.1 Å². The Morgan fingerprint density at radius 1 is 1.25 bits per heavy atom. The van der Waals surface area contributed by atoms with Crippen molar-refractivity contribution in [3.05, 3.63) is 30.1 Å². The van der Waals surface area contributed by atoms with E-state index < -0.39 is 11.6 Å². The van der Waals surface area contributed by atoms with E-state index in [9.17, 15) is 8.78 Å². The number of rotatable bonds is 3. The van der Waals surface area contributed by atoms with Crippen LogP contribution in [0, 0.1) is 11.6 Å². The van der Waals surface area contributed by atoms with Crippen LogP contribution in [0.1, 0.15) is 0 Å². The van der Waals surface area contributed by atoms with Gasteiger partial charge in [-0.15, -0.1) is 0 Å². The van der Waals surface area contributed by atoms with E-state index in [1.807, 2.05) is 23.6 Å². The topological polar surface area (TPSA) is 21.1 Å². The molecule has 3 nitrogen and oxygen atoms in total. The van der Waals surface area contributed by atoms with Gasteiger partial charge in [0, 0.05) is 25.2 Å². The molecule has 1 heterocycles. The third-order valence-electron chi connectivity index (χ3n) is 2.45. The lowest BCUT2D eigenvalue weighted by Crippen LogP contribution is -2.17. The molecule has 1 aromatic heterocycles. The van der Waals surface area contributed by atoms with E-state index in [-0.39, 0.29) is 0 Å². The highest BCUT2D eigenvalue weighted by Crippen LogP contribution is 2.17. The third-order valence-corrected chi connectivity index (χ3v) is 2.45. The first-order valence-corrected chi connectivity index (χ1v) is 5.02. The predicted octanol–water partition coefficient (Wildman–Crippen LogP) is 1.88. The monoisotopic (exact) mass is 225 g/mol. The van der Waals surface area contributed by atoms with E-state index >= 15 is 0 Å². The molecule has 0 amide bonds. The van der Waals surface area contributed by atoms with Crippen molar-refractivity contribution < 1.29 is 8.78 Å².